The van der Waals surface area contributed by atoms with Crippen LogP contribution in [0.2, 0.25) is 0 Å². The molecular weight excluding hydrogens is 452 g/mol. The minimum atomic E-state index is -0.683. The first kappa shape index (κ1) is 23.3. The molecule has 4 saturated heterocycles. The number of benzene rings is 1. The lowest BCUT2D eigenvalue weighted by Gasteiger charge is -2.39. The molecule has 0 spiro atoms. The van der Waals surface area contributed by atoms with Crippen LogP contribution in [0.1, 0.15) is 45.4 Å². The first-order valence-corrected chi connectivity index (χ1v) is 13.1. The van der Waals surface area contributed by atoms with Crippen molar-refractivity contribution in [1.82, 2.24) is 20.2 Å². The van der Waals surface area contributed by atoms with Crippen LogP contribution in [-0.4, -0.2) is 78.5 Å². The summed E-state index contributed by atoms with van der Waals surface area (Å²) in [6.45, 7) is 5.10. The number of piperidine rings is 1. The van der Waals surface area contributed by atoms with Gasteiger partial charge in [-0.2, -0.15) is 9.97 Å². The Labute approximate surface area is 205 Å². The Balaban J connectivity index is 1.19. The van der Waals surface area contributed by atoms with Gasteiger partial charge in [0.2, 0.25) is 0 Å². The number of aromatic nitrogens is 2. The Bertz CT molecular complexity index is 1060. The molecule has 35 heavy (non-hydrogen) atoms. The summed E-state index contributed by atoms with van der Waals surface area (Å²) in [4.78, 5) is 13.8. The van der Waals surface area contributed by atoms with Crippen LogP contribution in [-0.2, 0) is 4.74 Å². The fourth-order valence-corrected chi connectivity index (χ4v) is 6.74. The van der Waals surface area contributed by atoms with Crippen LogP contribution < -0.4 is 15.0 Å². The predicted octanol–water partition coefficient (Wildman–Crippen LogP) is 3.51. The number of anilines is 1. The van der Waals surface area contributed by atoms with Gasteiger partial charge in [-0.3, -0.25) is 4.90 Å². The van der Waals surface area contributed by atoms with Gasteiger partial charge in [0, 0.05) is 68.3 Å². The van der Waals surface area contributed by atoms with E-state index in [0.717, 1.165) is 51.4 Å². The van der Waals surface area contributed by atoms with Gasteiger partial charge in [-0.05, 0) is 44.6 Å². The second-order valence-corrected chi connectivity index (χ2v) is 11.0. The van der Waals surface area contributed by atoms with Gasteiger partial charge in [0.25, 0.3) is 0 Å². The summed E-state index contributed by atoms with van der Waals surface area (Å²) in [5, 5.41) is 4.00. The molecule has 6 atom stereocenters. The number of nitrogens with one attached hydrogen (secondary N) is 1. The van der Waals surface area contributed by atoms with Crippen molar-refractivity contribution in [3.05, 3.63) is 23.8 Å². The Morgan fingerprint density at radius 2 is 1.77 bits per heavy atom. The van der Waals surface area contributed by atoms with Crippen LogP contribution in [0.5, 0.6) is 6.01 Å². The summed E-state index contributed by atoms with van der Waals surface area (Å²) in [6.07, 6.45) is 7.25. The van der Waals surface area contributed by atoms with E-state index in [1.54, 1.807) is 0 Å². The van der Waals surface area contributed by atoms with Crippen LogP contribution >= 0.6 is 0 Å². The van der Waals surface area contributed by atoms with E-state index in [-0.39, 0.29) is 17.4 Å². The summed E-state index contributed by atoms with van der Waals surface area (Å²) in [5.74, 6) is -0.466. The van der Waals surface area contributed by atoms with Crippen LogP contribution in [0, 0.1) is 17.6 Å². The highest BCUT2D eigenvalue weighted by Gasteiger charge is 2.41. The van der Waals surface area contributed by atoms with Crippen molar-refractivity contribution >= 4 is 16.7 Å². The molecule has 9 heteroatoms. The van der Waals surface area contributed by atoms with Crippen LogP contribution in [0.4, 0.5) is 14.6 Å². The molecule has 0 saturated carbocycles. The summed E-state index contributed by atoms with van der Waals surface area (Å²) in [7, 11) is 1.82. The molecular formula is C26H35F2N5O2. The summed E-state index contributed by atoms with van der Waals surface area (Å²) in [6, 6.07) is 4.29. The normalized spacial score (nSPS) is 31.3. The third-order valence-electron chi connectivity index (χ3n) is 8.39. The highest BCUT2D eigenvalue weighted by atomic mass is 19.1. The smallest absolute Gasteiger partial charge is 0.319 e. The van der Waals surface area contributed by atoms with E-state index >= 15 is 0 Å². The lowest BCUT2D eigenvalue weighted by atomic mass is 9.98. The lowest BCUT2D eigenvalue weighted by Crippen LogP contribution is -2.51. The van der Waals surface area contributed by atoms with E-state index < -0.39 is 11.6 Å². The predicted molar refractivity (Wildman–Crippen MR) is 130 cm³/mol. The Kier molecular flexibility index (Phi) is 6.26. The Morgan fingerprint density at radius 3 is 2.46 bits per heavy atom. The standard InChI is InChI=1S/C26H35F2N5O2/c1-15(11-33-19-5-6-20(33)10-21(9-19)34-2)14-35-26-30-24-22(7-16(27)8-23(24)28)25(31-26)32-12-17-3-4-18(13-32)29-17/h7-8,15,17-21,29H,3-6,9-14H2,1-2H3/t15-,17-,18+,19-,20+,21?/m1/s1. The van der Waals surface area contributed by atoms with Gasteiger partial charge >= 0.3 is 6.01 Å². The average molecular weight is 488 g/mol. The van der Waals surface area contributed by atoms with Crippen molar-refractivity contribution in [3.8, 4) is 6.01 Å². The molecule has 4 aliphatic heterocycles. The zero-order valence-corrected chi connectivity index (χ0v) is 20.6. The fourth-order valence-electron chi connectivity index (χ4n) is 6.74. The SMILES string of the molecule is COC1C[C@H]2CC[C@@H](C1)N2C[C@@H](C)COc1nc(N2C[C@H]3CC[C@@H](C2)N3)c2cc(F)cc(F)c2n1. The first-order chi connectivity index (χ1) is 17.0. The van der Waals surface area contributed by atoms with Crippen LogP contribution in [0.15, 0.2) is 12.1 Å². The highest BCUT2D eigenvalue weighted by Crippen LogP contribution is 2.37. The topological polar surface area (TPSA) is 62.8 Å². The molecule has 0 aliphatic carbocycles. The van der Waals surface area contributed by atoms with Crippen molar-refractivity contribution in [2.75, 3.05) is 38.3 Å². The Hall–Kier alpha value is -2.10. The molecule has 5 heterocycles. The summed E-state index contributed by atoms with van der Waals surface area (Å²) < 4.78 is 40.6. The molecule has 4 aliphatic rings. The largest absolute Gasteiger partial charge is 0.463 e. The summed E-state index contributed by atoms with van der Waals surface area (Å²) in [5.41, 5.74) is 0.115. The third kappa shape index (κ3) is 4.58. The number of fused-ring (bicyclic) bond motifs is 5. The average Bonchev–Trinajstić information content (AvgIpc) is 3.28. The molecule has 1 aromatic heterocycles. The second-order valence-electron chi connectivity index (χ2n) is 11.0. The van der Waals surface area contributed by atoms with Crippen molar-refractivity contribution in [2.45, 2.75) is 75.7 Å². The van der Waals surface area contributed by atoms with Gasteiger partial charge in [-0.25, -0.2) is 8.78 Å². The van der Waals surface area contributed by atoms with E-state index in [9.17, 15) is 8.78 Å². The van der Waals surface area contributed by atoms with Gasteiger partial charge in [-0.15, -0.1) is 0 Å². The Morgan fingerprint density at radius 1 is 1.06 bits per heavy atom. The van der Waals surface area contributed by atoms with Crippen molar-refractivity contribution in [2.24, 2.45) is 5.92 Å². The maximum atomic E-state index is 14.8. The molecule has 7 nitrogen and oxygen atoms in total. The van der Waals surface area contributed by atoms with Crippen molar-refractivity contribution < 1.29 is 18.3 Å². The van der Waals surface area contributed by atoms with Gasteiger partial charge in [0.05, 0.1) is 12.7 Å². The highest BCUT2D eigenvalue weighted by molar-refractivity contribution is 5.90. The van der Waals surface area contributed by atoms with E-state index in [1.807, 2.05) is 7.11 Å². The minimum absolute atomic E-state index is 0.115. The second kappa shape index (κ2) is 9.41. The number of halogens is 2. The van der Waals surface area contributed by atoms with Gasteiger partial charge in [0.15, 0.2) is 5.82 Å². The van der Waals surface area contributed by atoms with Crippen LogP contribution in [0.3, 0.4) is 0 Å². The zero-order chi connectivity index (χ0) is 24.1. The van der Waals surface area contributed by atoms with Gasteiger partial charge < -0.3 is 19.7 Å². The fraction of sp³-hybridized carbons (Fsp3) is 0.692. The minimum Gasteiger partial charge on any atom is -0.463 e. The van der Waals surface area contributed by atoms with Gasteiger partial charge in [0.1, 0.15) is 17.2 Å². The number of hydrogen-bond acceptors (Lipinski definition) is 7. The first-order valence-electron chi connectivity index (χ1n) is 13.1. The lowest BCUT2D eigenvalue weighted by molar-refractivity contribution is -0.00166. The number of piperazine rings is 1. The van der Waals surface area contributed by atoms with Gasteiger partial charge in [-0.1, -0.05) is 6.92 Å². The summed E-state index contributed by atoms with van der Waals surface area (Å²) >= 11 is 0. The number of hydrogen-bond donors (Lipinski definition) is 1. The zero-order valence-electron chi connectivity index (χ0n) is 20.6. The number of methoxy groups -OCH3 is 1. The van der Waals surface area contributed by atoms with E-state index in [1.165, 1.54) is 18.9 Å². The molecule has 1 aromatic carbocycles. The quantitative estimate of drug-likeness (QED) is 0.641. The van der Waals surface area contributed by atoms with E-state index in [2.05, 4.69) is 32.0 Å². The number of nitrogens with zero attached hydrogens (tertiary/aromatic N) is 4. The van der Waals surface area contributed by atoms with Crippen molar-refractivity contribution in [3.63, 3.8) is 0 Å². The van der Waals surface area contributed by atoms with E-state index in [0.29, 0.717) is 48.1 Å². The van der Waals surface area contributed by atoms with Crippen LogP contribution in [0.25, 0.3) is 10.9 Å². The molecule has 1 unspecified atom stereocenters. The molecule has 0 radical (unpaired) electrons. The maximum Gasteiger partial charge on any atom is 0.319 e. The molecule has 0 amide bonds. The van der Waals surface area contributed by atoms with Crippen molar-refractivity contribution in [1.29, 1.82) is 0 Å². The third-order valence-corrected chi connectivity index (χ3v) is 8.39. The van der Waals surface area contributed by atoms with E-state index in [4.69, 9.17) is 9.47 Å². The molecule has 1 N–H and O–H groups in total. The molecule has 190 valence electrons. The number of ether oxygens (including phenoxy) is 2. The molecule has 2 aromatic rings. The number of rotatable bonds is 7. The molecule has 6 rings (SSSR count). The monoisotopic (exact) mass is 487 g/mol. The molecule has 4 fully saturated rings. The molecule has 4 bridgehead atoms. The maximum absolute atomic E-state index is 14.8.